The minimum Gasteiger partial charge on any atom is -0.497 e. The molecular formula is C33H35N3O3. The number of aliphatic imine (C=N–C) groups is 1. The van der Waals surface area contributed by atoms with Crippen molar-refractivity contribution in [1.29, 1.82) is 0 Å². The maximum absolute atomic E-state index is 14.1. The Kier molecular flexibility index (Phi) is 6.94. The van der Waals surface area contributed by atoms with E-state index in [2.05, 4.69) is 29.2 Å². The van der Waals surface area contributed by atoms with Crippen LogP contribution in [-0.4, -0.2) is 37.6 Å². The number of fused-ring (bicyclic) bond motifs is 2. The summed E-state index contributed by atoms with van der Waals surface area (Å²) in [6.07, 6.45) is 4.80. The molecule has 1 aliphatic carbocycles. The van der Waals surface area contributed by atoms with Gasteiger partial charge in [-0.2, -0.15) is 0 Å². The molecule has 3 aromatic carbocycles. The number of hydrogen-bond donors (Lipinski definition) is 0. The van der Waals surface area contributed by atoms with Crippen molar-refractivity contribution in [3.05, 3.63) is 83.9 Å². The maximum atomic E-state index is 14.1. The number of Topliss-reactive ketones (excluding diaryl/α,β-unsaturated/α-hetero) is 1. The van der Waals surface area contributed by atoms with E-state index >= 15 is 0 Å². The molecule has 200 valence electrons. The van der Waals surface area contributed by atoms with E-state index in [1.54, 1.807) is 18.9 Å². The molecule has 0 aromatic heterocycles. The summed E-state index contributed by atoms with van der Waals surface area (Å²) in [6.45, 7) is 3.73. The number of hydrogen-bond acceptors (Lipinski definition) is 5. The van der Waals surface area contributed by atoms with Gasteiger partial charge in [0.25, 0.3) is 0 Å². The first-order chi connectivity index (χ1) is 19.0. The van der Waals surface area contributed by atoms with Gasteiger partial charge in [0.15, 0.2) is 0 Å². The number of rotatable bonds is 4. The van der Waals surface area contributed by atoms with Crippen molar-refractivity contribution in [2.75, 3.05) is 30.0 Å². The molecule has 0 bridgehead atoms. The smallest absolute Gasteiger partial charge is 0.224 e. The summed E-state index contributed by atoms with van der Waals surface area (Å²) in [5.74, 6) is 0.386. The number of benzene rings is 3. The number of methoxy groups -OCH3 is 1. The van der Waals surface area contributed by atoms with Crippen LogP contribution in [-0.2, 0) is 9.59 Å². The Morgan fingerprint density at radius 3 is 2.26 bits per heavy atom. The van der Waals surface area contributed by atoms with Crippen LogP contribution < -0.4 is 14.5 Å². The lowest BCUT2D eigenvalue weighted by Crippen LogP contribution is -2.45. The van der Waals surface area contributed by atoms with Crippen LogP contribution in [0.2, 0.25) is 0 Å². The second-order valence-corrected chi connectivity index (χ2v) is 10.9. The zero-order chi connectivity index (χ0) is 26.9. The average Bonchev–Trinajstić information content (AvgIpc) is 3.12. The minimum absolute atomic E-state index is 0.0385. The molecule has 0 spiro atoms. The highest BCUT2D eigenvalue weighted by molar-refractivity contribution is 6.13. The third-order valence-corrected chi connectivity index (χ3v) is 8.49. The number of carbonyl (C=O) groups excluding carboxylic acids is 2. The molecule has 1 saturated heterocycles. The molecule has 3 aliphatic rings. The van der Waals surface area contributed by atoms with Crippen LogP contribution in [0.25, 0.3) is 0 Å². The van der Waals surface area contributed by atoms with E-state index in [0.717, 1.165) is 47.1 Å². The average molecular weight is 522 g/mol. The number of para-hydroxylation sites is 2. The first-order valence-electron chi connectivity index (χ1n) is 14.0. The maximum Gasteiger partial charge on any atom is 0.224 e. The fourth-order valence-electron chi connectivity index (χ4n) is 6.55. The van der Waals surface area contributed by atoms with Crippen molar-refractivity contribution in [2.24, 2.45) is 10.9 Å². The van der Waals surface area contributed by atoms with E-state index < -0.39 is 12.0 Å². The summed E-state index contributed by atoms with van der Waals surface area (Å²) in [7, 11) is 1.65. The van der Waals surface area contributed by atoms with Crippen LogP contribution in [0.15, 0.2) is 77.8 Å². The van der Waals surface area contributed by atoms with Crippen LogP contribution in [0.5, 0.6) is 5.75 Å². The van der Waals surface area contributed by atoms with Crippen LogP contribution >= 0.6 is 0 Å². The van der Waals surface area contributed by atoms with E-state index in [1.807, 2.05) is 48.5 Å². The largest absolute Gasteiger partial charge is 0.497 e. The lowest BCUT2D eigenvalue weighted by Gasteiger charge is -2.38. The summed E-state index contributed by atoms with van der Waals surface area (Å²) in [5, 5.41) is 0. The van der Waals surface area contributed by atoms with Gasteiger partial charge >= 0.3 is 0 Å². The zero-order valence-electron chi connectivity index (χ0n) is 22.7. The van der Waals surface area contributed by atoms with E-state index in [9.17, 15) is 9.59 Å². The molecule has 2 fully saturated rings. The molecular weight excluding hydrogens is 486 g/mol. The van der Waals surface area contributed by atoms with Crippen LogP contribution in [0.3, 0.4) is 0 Å². The summed E-state index contributed by atoms with van der Waals surface area (Å²) in [5.41, 5.74) is 5.62. The molecule has 0 radical (unpaired) electrons. The molecule has 2 aliphatic heterocycles. The second-order valence-electron chi connectivity index (χ2n) is 10.9. The first-order valence-corrected chi connectivity index (χ1v) is 14.0. The molecule has 0 N–H and O–H groups in total. The third-order valence-electron chi connectivity index (χ3n) is 8.49. The van der Waals surface area contributed by atoms with Crippen LogP contribution in [0.1, 0.15) is 62.1 Å². The Labute approximate surface area is 230 Å². The number of ether oxygens (including phenoxy) is 1. The van der Waals surface area contributed by atoms with Crippen LogP contribution in [0.4, 0.5) is 17.1 Å². The first kappa shape index (κ1) is 25.4. The molecule has 1 saturated carbocycles. The lowest BCUT2D eigenvalue weighted by molar-refractivity contribution is -0.123. The molecule has 1 amide bonds. The highest BCUT2D eigenvalue weighted by Crippen LogP contribution is 2.47. The standard InChI is InChI=1S/C33H35N3O3/c1-22(37)36-30-9-5-4-8-28(30)34-29-20-25(23-12-16-27(39-2)17-13-23)21-31(38)32(29)33(36)24-10-14-26(15-11-24)35-18-6-3-7-19-35/h4-5,8-17,25,32-33H,3,6-7,18-21H2,1-2H3. The van der Waals surface area contributed by atoms with E-state index in [1.165, 1.54) is 24.9 Å². The van der Waals surface area contributed by atoms with Gasteiger partial charge in [-0.3, -0.25) is 14.6 Å². The Hall–Kier alpha value is -3.93. The van der Waals surface area contributed by atoms with Gasteiger partial charge in [-0.05, 0) is 79.1 Å². The summed E-state index contributed by atoms with van der Waals surface area (Å²) in [6, 6.07) is 23.8. The Morgan fingerprint density at radius 1 is 0.872 bits per heavy atom. The Bertz CT molecular complexity index is 1390. The normalized spacial score (nSPS) is 22.9. The molecule has 3 atom stereocenters. The monoisotopic (exact) mass is 521 g/mol. The molecule has 6 nitrogen and oxygen atoms in total. The van der Waals surface area contributed by atoms with Gasteiger partial charge in [-0.25, -0.2) is 0 Å². The Balaban J connectivity index is 1.41. The Morgan fingerprint density at radius 2 is 1.56 bits per heavy atom. The van der Waals surface area contributed by atoms with Crippen molar-refractivity contribution >= 4 is 34.5 Å². The number of anilines is 2. The van der Waals surface area contributed by atoms with Gasteiger partial charge in [0.05, 0.1) is 30.4 Å². The molecule has 3 unspecified atom stereocenters. The summed E-state index contributed by atoms with van der Waals surface area (Å²) >= 11 is 0. The number of amides is 1. The van der Waals surface area contributed by atoms with Gasteiger partial charge in [-0.1, -0.05) is 36.4 Å². The van der Waals surface area contributed by atoms with Gasteiger partial charge in [0, 0.05) is 37.8 Å². The summed E-state index contributed by atoms with van der Waals surface area (Å²) in [4.78, 5) is 36.7. The minimum atomic E-state index is -0.489. The number of ketones is 1. The number of nitrogens with zero attached hydrogens (tertiary/aromatic N) is 3. The fraction of sp³-hybridized carbons (Fsp3) is 0.364. The quantitative estimate of drug-likeness (QED) is 0.387. The molecule has 39 heavy (non-hydrogen) atoms. The van der Waals surface area contributed by atoms with Gasteiger partial charge < -0.3 is 14.5 Å². The predicted octanol–water partition coefficient (Wildman–Crippen LogP) is 6.63. The summed E-state index contributed by atoms with van der Waals surface area (Å²) < 4.78 is 5.33. The second kappa shape index (κ2) is 10.7. The third kappa shape index (κ3) is 4.84. The van der Waals surface area contributed by atoms with E-state index in [4.69, 9.17) is 9.73 Å². The van der Waals surface area contributed by atoms with E-state index in [0.29, 0.717) is 12.8 Å². The molecule has 3 aromatic rings. The number of piperidine rings is 1. The van der Waals surface area contributed by atoms with Gasteiger partial charge in [-0.15, -0.1) is 0 Å². The van der Waals surface area contributed by atoms with Crippen molar-refractivity contribution in [2.45, 2.75) is 51.0 Å². The fourth-order valence-corrected chi connectivity index (χ4v) is 6.55. The van der Waals surface area contributed by atoms with Crippen molar-refractivity contribution in [1.82, 2.24) is 0 Å². The van der Waals surface area contributed by atoms with Gasteiger partial charge in [0.2, 0.25) is 5.91 Å². The zero-order valence-corrected chi connectivity index (χ0v) is 22.7. The van der Waals surface area contributed by atoms with Crippen molar-refractivity contribution < 1.29 is 14.3 Å². The van der Waals surface area contributed by atoms with Crippen molar-refractivity contribution in [3.63, 3.8) is 0 Å². The van der Waals surface area contributed by atoms with Crippen LogP contribution in [0, 0.1) is 5.92 Å². The SMILES string of the molecule is COc1ccc(C2CC(=O)C3C(=Nc4ccccc4N(C(C)=O)C3c3ccc(N4CCCCC4)cc3)C2)cc1. The number of carbonyl (C=O) groups is 2. The topological polar surface area (TPSA) is 62.2 Å². The van der Waals surface area contributed by atoms with Gasteiger partial charge in [0.1, 0.15) is 11.5 Å². The highest BCUT2D eigenvalue weighted by atomic mass is 16.5. The molecule has 2 heterocycles. The van der Waals surface area contributed by atoms with Crippen molar-refractivity contribution in [3.8, 4) is 5.75 Å². The molecule has 6 rings (SSSR count). The van der Waals surface area contributed by atoms with E-state index in [-0.39, 0.29) is 17.6 Å². The lowest BCUT2D eigenvalue weighted by atomic mass is 9.72. The highest BCUT2D eigenvalue weighted by Gasteiger charge is 2.45. The predicted molar refractivity (Wildman–Crippen MR) is 155 cm³/mol. The molecule has 6 heteroatoms.